The largest absolute Gasteiger partial charge is 0.312 e. The van der Waals surface area contributed by atoms with Crippen LogP contribution in [0.1, 0.15) is 32.2 Å². The van der Waals surface area contributed by atoms with E-state index in [2.05, 4.69) is 27.6 Å². The SMILES string of the molecule is CCN1CCC(n2nccc2NC(=O)CC2CSCCN2)CC1.Cl.Cl. The van der Waals surface area contributed by atoms with Gasteiger partial charge in [0.1, 0.15) is 5.82 Å². The van der Waals surface area contributed by atoms with Crippen molar-refractivity contribution in [1.29, 1.82) is 0 Å². The molecule has 144 valence electrons. The van der Waals surface area contributed by atoms with Crippen LogP contribution < -0.4 is 10.6 Å². The van der Waals surface area contributed by atoms with Crippen molar-refractivity contribution in [1.82, 2.24) is 20.0 Å². The summed E-state index contributed by atoms with van der Waals surface area (Å²) in [5.74, 6) is 3.08. The van der Waals surface area contributed by atoms with E-state index in [1.807, 2.05) is 22.5 Å². The van der Waals surface area contributed by atoms with Gasteiger partial charge in [0.2, 0.25) is 5.91 Å². The van der Waals surface area contributed by atoms with E-state index in [0.29, 0.717) is 12.5 Å². The molecule has 0 spiro atoms. The minimum Gasteiger partial charge on any atom is -0.312 e. The summed E-state index contributed by atoms with van der Waals surface area (Å²) < 4.78 is 2.01. The van der Waals surface area contributed by atoms with Crippen LogP contribution in [0.5, 0.6) is 0 Å². The Bertz CT molecular complexity index is 516. The van der Waals surface area contributed by atoms with Crippen LogP contribution in [0.2, 0.25) is 0 Å². The van der Waals surface area contributed by atoms with Gasteiger partial charge in [-0.25, -0.2) is 4.68 Å². The lowest BCUT2D eigenvalue weighted by Crippen LogP contribution is -2.40. The zero-order valence-electron chi connectivity index (χ0n) is 14.6. The standard InChI is InChI=1S/C16H27N5OS.2ClH/c1-2-20-8-4-14(5-9-20)21-15(3-6-18-21)19-16(22)11-13-12-23-10-7-17-13;;/h3,6,13-14,17H,2,4-5,7-12H2,1H3,(H,19,22);2*1H. The first-order valence-corrected chi connectivity index (χ1v) is 9.78. The Balaban J connectivity index is 0.00000156. The van der Waals surface area contributed by atoms with Crippen molar-refractivity contribution >= 4 is 48.3 Å². The molecule has 1 aromatic rings. The topological polar surface area (TPSA) is 62.2 Å². The summed E-state index contributed by atoms with van der Waals surface area (Å²) in [5, 5.41) is 10.9. The fraction of sp³-hybridized carbons (Fsp3) is 0.750. The van der Waals surface area contributed by atoms with Crippen LogP contribution in [0.4, 0.5) is 5.82 Å². The Morgan fingerprint density at radius 1 is 1.40 bits per heavy atom. The number of carbonyl (C=O) groups excluding carboxylic acids is 1. The zero-order chi connectivity index (χ0) is 16.1. The molecule has 1 aromatic heterocycles. The fourth-order valence-electron chi connectivity index (χ4n) is 3.35. The smallest absolute Gasteiger partial charge is 0.227 e. The Hall–Kier alpha value is -0.470. The molecule has 25 heavy (non-hydrogen) atoms. The molecule has 0 bridgehead atoms. The number of amides is 1. The third kappa shape index (κ3) is 6.32. The van der Waals surface area contributed by atoms with Crippen molar-refractivity contribution in [3.63, 3.8) is 0 Å². The molecule has 0 saturated carbocycles. The number of nitrogens with one attached hydrogen (secondary N) is 2. The molecule has 1 unspecified atom stereocenters. The molecule has 2 aliphatic heterocycles. The van der Waals surface area contributed by atoms with Gasteiger partial charge in [-0.3, -0.25) is 4.79 Å². The molecule has 2 fully saturated rings. The third-order valence-electron chi connectivity index (χ3n) is 4.72. The van der Waals surface area contributed by atoms with Gasteiger partial charge in [0.05, 0.1) is 12.2 Å². The van der Waals surface area contributed by atoms with E-state index >= 15 is 0 Å². The second-order valence-corrected chi connectivity index (χ2v) is 7.45. The van der Waals surface area contributed by atoms with E-state index in [4.69, 9.17) is 0 Å². The summed E-state index contributed by atoms with van der Waals surface area (Å²) in [6, 6.07) is 2.59. The molecule has 2 N–H and O–H groups in total. The van der Waals surface area contributed by atoms with Crippen molar-refractivity contribution in [2.45, 2.75) is 38.3 Å². The van der Waals surface area contributed by atoms with E-state index in [1.54, 1.807) is 6.20 Å². The summed E-state index contributed by atoms with van der Waals surface area (Å²) in [5.41, 5.74) is 0. The lowest BCUT2D eigenvalue weighted by Gasteiger charge is -2.31. The van der Waals surface area contributed by atoms with E-state index in [0.717, 1.165) is 56.3 Å². The summed E-state index contributed by atoms with van der Waals surface area (Å²) in [6.07, 6.45) is 4.52. The fourth-order valence-corrected chi connectivity index (χ4v) is 4.30. The molecule has 2 saturated heterocycles. The highest BCUT2D eigenvalue weighted by Crippen LogP contribution is 2.25. The highest BCUT2D eigenvalue weighted by molar-refractivity contribution is 7.99. The summed E-state index contributed by atoms with van der Waals surface area (Å²) in [6.45, 7) is 6.53. The van der Waals surface area contributed by atoms with Crippen LogP contribution in [0.15, 0.2) is 12.3 Å². The van der Waals surface area contributed by atoms with Crippen LogP contribution in [0.3, 0.4) is 0 Å². The molecular formula is C16H29Cl2N5OS. The molecule has 1 amide bonds. The summed E-state index contributed by atoms with van der Waals surface area (Å²) >= 11 is 1.92. The van der Waals surface area contributed by atoms with E-state index < -0.39 is 0 Å². The maximum absolute atomic E-state index is 12.3. The lowest BCUT2D eigenvalue weighted by molar-refractivity contribution is -0.116. The molecule has 6 nitrogen and oxygen atoms in total. The Labute approximate surface area is 166 Å². The normalized spacial score (nSPS) is 21.9. The van der Waals surface area contributed by atoms with Gasteiger partial charge in [0.25, 0.3) is 0 Å². The average molecular weight is 410 g/mol. The Kier molecular flexibility index (Phi) is 10.2. The highest BCUT2D eigenvalue weighted by atomic mass is 35.5. The molecule has 3 rings (SSSR count). The second-order valence-electron chi connectivity index (χ2n) is 6.30. The van der Waals surface area contributed by atoms with Crippen molar-refractivity contribution in [2.24, 2.45) is 0 Å². The quantitative estimate of drug-likeness (QED) is 0.781. The van der Waals surface area contributed by atoms with Crippen molar-refractivity contribution in [3.8, 4) is 0 Å². The number of thioether (sulfide) groups is 1. The van der Waals surface area contributed by atoms with E-state index in [9.17, 15) is 4.79 Å². The number of rotatable bonds is 5. The van der Waals surface area contributed by atoms with Crippen LogP contribution in [0, 0.1) is 0 Å². The number of piperidine rings is 1. The number of nitrogens with zero attached hydrogens (tertiary/aromatic N) is 3. The molecule has 9 heteroatoms. The molecule has 0 aliphatic carbocycles. The van der Waals surface area contributed by atoms with Crippen molar-refractivity contribution in [2.75, 3.05) is 43.0 Å². The molecule has 3 heterocycles. The van der Waals surface area contributed by atoms with Crippen LogP contribution in [-0.2, 0) is 4.79 Å². The Morgan fingerprint density at radius 2 is 2.16 bits per heavy atom. The van der Waals surface area contributed by atoms with Crippen LogP contribution in [0.25, 0.3) is 0 Å². The number of carbonyl (C=O) groups is 1. The van der Waals surface area contributed by atoms with Gasteiger partial charge in [-0.05, 0) is 19.4 Å². The van der Waals surface area contributed by atoms with Gasteiger partial charge < -0.3 is 15.5 Å². The molecular weight excluding hydrogens is 381 g/mol. The number of hydrogen-bond donors (Lipinski definition) is 2. The van der Waals surface area contributed by atoms with Crippen molar-refractivity contribution in [3.05, 3.63) is 12.3 Å². The predicted octanol–water partition coefficient (Wildman–Crippen LogP) is 2.42. The predicted molar refractivity (Wildman–Crippen MR) is 109 cm³/mol. The molecule has 0 aromatic carbocycles. The first kappa shape index (κ1) is 22.6. The Morgan fingerprint density at radius 3 is 2.80 bits per heavy atom. The number of anilines is 1. The number of aromatic nitrogens is 2. The highest BCUT2D eigenvalue weighted by Gasteiger charge is 2.23. The van der Waals surface area contributed by atoms with Gasteiger partial charge in [-0.15, -0.1) is 24.8 Å². The summed E-state index contributed by atoms with van der Waals surface area (Å²) in [4.78, 5) is 14.8. The van der Waals surface area contributed by atoms with Gasteiger partial charge in [0.15, 0.2) is 0 Å². The third-order valence-corrected chi connectivity index (χ3v) is 5.85. The van der Waals surface area contributed by atoms with Gasteiger partial charge >= 0.3 is 0 Å². The molecule has 1 atom stereocenters. The molecule has 0 radical (unpaired) electrons. The zero-order valence-corrected chi connectivity index (χ0v) is 17.1. The number of likely N-dealkylation sites (tertiary alicyclic amines) is 1. The van der Waals surface area contributed by atoms with Crippen LogP contribution in [-0.4, -0.2) is 64.3 Å². The van der Waals surface area contributed by atoms with Crippen molar-refractivity contribution < 1.29 is 4.79 Å². The minimum atomic E-state index is 0. The van der Waals surface area contributed by atoms with Crippen LogP contribution >= 0.6 is 36.6 Å². The van der Waals surface area contributed by atoms with E-state index in [-0.39, 0.29) is 36.8 Å². The number of hydrogen-bond acceptors (Lipinski definition) is 5. The van der Waals surface area contributed by atoms with Gasteiger partial charge in [-0.1, -0.05) is 6.92 Å². The first-order valence-electron chi connectivity index (χ1n) is 8.63. The minimum absolute atomic E-state index is 0. The average Bonchev–Trinajstić information content (AvgIpc) is 3.03. The second kappa shape index (κ2) is 11.3. The monoisotopic (exact) mass is 409 g/mol. The van der Waals surface area contributed by atoms with E-state index in [1.165, 1.54) is 0 Å². The first-order chi connectivity index (χ1) is 11.3. The lowest BCUT2D eigenvalue weighted by atomic mass is 10.1. The number of halogens is 2. The van der Waals surface area contributed by atoms with Gasteiger partial charge in [0, 0.05) is 49.7 Å². The molecule has 2 aliphatic rings. The van der Waals surface area contributed by atoms with Gasteiger partial charge in [-0.2, -0.15) is 16.9 Å². The maximum Gasteiger partial charge on any atom is 0.227 e. The maximum atomic E-state index is 12.3. The summed E-state index contributed by atoms with van der Waals surface area (Å²) in [7, 11) is 0.